The summed E-state index contributed by atoms with van der Waals surface area (Å²) in [5, 5.41) is 6.51. The van der Waals surface area contributed by atoms with Gasteiger partial charge in [-0.05, 0) is 18.2 Å². The maximum Gasteiger partial charge on any atom is 0.308 e. The molecular weight excluding hydrogens is 292 g/mol. The number of anilines is 2. The van der Waals surface area contributed by atoms with Gasteiger partial charge in [0.2, 0.25) is 0 Å². The molecule has 1 aliphatic heterocycles. The van der Waals surface area contributed by atoms with Crippen molar-refractivity contribution in [3.8, 4) is 5.75 Å². The molecule has 0 saturated carbocycles. The first-order chi connectivity index (χ1) is 11.1. The Balaban J connectivity index is 1.72. The first-order valence-corrected chi connectivity index (χ1v) is 7.52. The van der Waals surface area contributed by atoms with Crippen molar-refractivity contribution in [3.05, 3.63) is 54.1 Å². The van der Waals surface area contributed by atoms with E-state index in [0.717, 1.165) is 11.4 Å². The second-order valence-corrected chi connectivity index (χ2v) is 5.47. The number of fused-ring (bicyclic) bond motifs is 1. The van der Waals surface area contributed by atoms with Gasteiger partial charge in [0, 0.05) is 25.5 Å². The minimum Gasteiger partial charge on any atom is -0.426 e. The predicted molar refractivity (Wildman–Crippen MR) is 88.8 cm³/mol. The zero-order valence-corrected chi connectivity index (χ0v) is 12.8. The summed E-state index contributed by atoms with van der Waals surface area (Å²) in [6, 6.07) is 14.6. The number of para-hydroxylation sites is 3. The highest BCUT2D eigenvalue weighted by atomic mass is 16.5. The van der Waals surface area contributed by atoms with Crippen LogP contribution in [0.1, 0.15) is 12.5 Å². The summed E-state index contributed by atoms with van der Waals surface area (Å²) in [6.45, 7) is 1.88. The average molecular weight is 310 g/mol. The number of esters is 1. The molecule has 1 heterocycles. The van der Waals surface area contributed by atoms with Crippen LogP contribution in [0.3, 0.4) is 0 Å². The van der Waals surface area contributed by atoms with Crippen molar-refractivity contribution in [2.45, 2.75) is 19.4 Å². The van der Waals surface area contributed by atoms with Crippen LogP contribution in [0.2, 0.25) is 0 Å². The van der Waals surface area contributed by atoms with Crippen molar-refractivity contribution >= 4 is 23.1 Å². The number of rotatable bonds is 4. The van der Waals surface area contributed by atoms with Crippen molar-refractivity contribution in [2.75, 3.05) is 17.2 Å². The highest BCUT2D eigenvalue weighted by Crippen LogP contribution is 2.26. The lowest BCUT2D eigenvalue weighted by Crippen LogP contribution is -2.40. The number of hydrogen-bond acceptors (Lipinski definition) is 5. The quantitative estimate of drug-likeness (QED) is 0.671. The van der Waals surface area contributed by atoms with Gasteiger partial charge in [0.05, 0.1) is 11.4 Å². The number of ketones is 1. The third-order valence-electron chi connectivity index (χ3n) is 3.73. The van der Waals surface area contributed by atoms with E-state index in [4.69, 9.17) is 4.74 Å². The van der Waals surface area contributed by atoms with Gasteiger partial charge in [0.15, 0.2) is 5.78 Å². The summed E-state index contributed by atoms with van der Waals surface area (Å²) in [4.78, 5) is 23.7. The molecule has 1 atom stereocenters. The fraction of sp³-hybridized carbons (Fsp3) is 0.222. The Morgan fingerprint density at radius 1 is 1.09 bits per heavy atom. The van der Waals surface area contributed by atoms with Gasteiger partial charge in [0.25, 0.3) is 0 Å². The van der Waals surface area contributed by atoms with Crippen LogP contribution in [-0.2, 0) is 16.0 Å². The number of benzene rings is 2. The van der Waals surface area contributed by atoms with Crippen LogP contribution in [-0.4, -0.2) is 24.3 Å². The fourth-order valence-corrected chi connectivity index (χ4v) is 2.62. The summed E-state index contributed by atoms with van der Waals surface area (Å²) in [7, 11) is 0. The maximum absolute atomic E-state index is 12.6. The molecular formula is C18H18N2O3. The molecule has 2 N–H and O–H groups in total. The van der Waals surface area contributed by atoms with E-state index in [2.05, 4.69) is 10.6 Å². The molecule has 0 aromatic heterocycles. The third kappa shape index (κ3) is 3.51. The highest BCUT2D eigenvalue weighted by Gasteiger charge is 2.24. The smallest absolute Gasteiger partial charge is 0.308 e. The monoisotopic (exact) mass is 310 g/mol. The number of Topliss-reactive ketones (excluding diaryl/α,β-unsaturated/α-hetero) is 1. The van der Waals surface area contributed by atoms with E-state index in [1.165, 1.54) is 6.92 Å². The van der Waals surface area contributed by atoms with Crippen molar-refractivity contribution in [1.29, 1.82) is 0 Å². The van der Waals surface area contributed by atoms with Gasteiger partial charge >= 0.3 is 5.97 Å². The Morgan fingerprint density at radius 3 is 2.57 bits per heavy atom. The van der Waals surface area contributed by atoms with Crippen LogP contribution in [0.25, 0.3) is 0 Å². The molecule has 118 valence electrons. The third-order valence-corrected chi connectivity index (χ3v) is 3.73. The zero-order valence-electron chi connectivity index (χ0n) is 12.8. The topological polar surface area (TPSA) is 67.4 Å². The molecule has 0 spiro atoms. The van der Waals surface area contributed by atoms with Gasteiger partial charge in [0.1, 0.15) is 11.8 Å². The Hall–Kier alpha value is -2.82. The largest absolute Gasteiger partial charge is 0.426 e. The zero-order chi connectivity index (χ0) is 16.2. The van der Waals surface area contributed by atoms with Gasteiger partial charge in [-0.25, -0.2) is 0 Å². The molecule has 0 fully saturated rings. The van der Waals surface area contributed by atoms with Crippen LogP contribution >= 0.6 is 0 Å². The Kier molecular flexibility index (Phi) is 4.28. The van der Waals surface area contributed by atoms with E-state index in [0.29, 0.717) is 17.9 Å². The Bertz CT molecular complexity index is 743. The summed E-state index contributed by atoms with van der Waals surface area (Å²) in [5.41, 5.74) is 2.63. The molecule has 0 saturated heterocycles. The first kappa shape index (κ1) is 15.1. The molecule has 3 rings (SSSR count). The van der Waals surface area contributed by atoms with Gasteiger partial charge in [-0.15, -0.1) is 0 Å². The van der Waals surface area contributed by atoms with Crippen molar-refractivity contribution in [1.82, 2.24) is 0 Å². The van der Waals surface area contributed by atoms with E-state index in [9.17, 15) is 9.59 Å². The number of carbonyl (C=O) groups is 2. The molecule has 1 aliphatic rings. The van der Waals surface area contributed by atoms with E-state index in [1.807, 2.05) is 30.3 Å². The number of ether oxygens (including phenoxy) is 1. The summed E-state index contributed by atoms with van der Waals surface area (Å²) >= 11 is 0. The molecule has 23 heavy (non-hydrogen) atoms. The average Bonchev–Trinajstić information content (AvgIpc) is 2.55. The van der Waals surface area contributed by atoms with Crippen molar-refractivity contribution in [2.24, 2.45) is 0 Å². The van der Waals surface area contributed by atoms with Gasteiger partial charge in [-0.2, -0.15) is 0 Å². The highest BCUT2D eigenvalue weighted by molar-refractivity contribution is 5.92. The van der Waals surface area contributed by atoms with Gasteiger partial charge in [-0.3, -0.25) is 9.59 Å². The normalized spacial score (nSPS) is 15.8. The molecule has 0 aliphatic carbocycles. The molecule has 1 unspecified atom stereocenters. The molecule has 2 aromatic rings. The van der Waals surface area contributed by atoms with Crippen molar-refractivity contribution in [3.63, 3.8) is 0 Å². The van der Waals surface area contributed by atoms with E-state index < -0.39 is 5.97 Å². The first-order valence-electron chi connectivity index (χ1n) is 7.52. The Morgan fingerprint density at radius 2 is 1.78 bits per heavy atom. The second kappa shape index (κ2) is 6.52. The number of carbonyl (C=O) groups excluding carboxylic acids is 2. The minimum absolute atomic E-state index is 0.0478. The molecule has 2 aromatic carbocycles. The van der Waals surface area contributed by atoms with Crippen LogP contribution in [0, 0.1) is 0 Å². The predicted octanol–water partition coefficient (Wildman–Crippen LogP) is 2.63. The SMILES string of the molecule is CC(=O)Oc1ccccc1CC(=O)C1CNc2ccccc2N1. The van der Waals surface area contributed by atoms with Crippen LogP contribution in [0.4, 0.5) is 11.4 Å². The molecule has 5 nitrogen and oxygen atoms in total. The second-order valence-electron chi connectivity index (χ2n) is 5.47. The van der Waals surface area contributed by atoms with Crippen LogP contribution in [0.5, 0.6) is 5.75 Å². The maximum atomic E-state index is 12.6. The number of hydrogen-bond donors (Lipinski definition) is 2. The summed E-state index contributed by atoms with van der Waals surface area (Å²) < 4.78 is 5.16. The molecule has 0 radical (unpaired) electrons. The van der Waals surface area contributed by atoms with E-state index >= 15 is 0 Å². The summed E-state index contributed by atoms with van der Waals surface area (Å²) in [5.74, 6) is 0.0976. The van der Waals surface area contributed by atoms with Crippen molar-refractivity contribution < 1.29 is 14.3 Å². The molecule has 0 bridgehead atoms. The Labute approximate surface area is 134 Å². The fourth-order valence-electron chi connectivity index (χ4n) is 2.62. The van der Waals surface area contributed by atoms with Crippen LogP contribution < -0.4 is 15.4 Å². The lowest BCUT2D eigenvalue weighted by molar-refractivity contribution is -0.132. The lowest BCUT2D eigenvalue weighted by Gasteiger charge is -2.27. The van der Waals surface area contributed by atoms with E-state index in [-0.39, 0.29) is 18.2 Å². The minimum atomic E-state index is -0.392. The summed E-state index contributed by atoms with van der Waals surface area (Å²) in [6.07, 6.45) is 0.213. The van der Waals surface area contributed by atoms with Gasteiger partial charge in [-0.1, -0.05) is 30.3 Å². The lowest BCUT2D eigenvalue weighted by atomic mass is 10.0. The van der Waals surface area contributed by atoms with Gasteiger partial charge < -0.3 is 15.4 Å². The van der Waals surface area contributed by atoms with E-state index in [1.54, 1.807) is 18.2 Å². The molecule has 5 heteroatoms. The standard InChI is InChI=1S/C18H18N2O3/c1-12(21)23-18-9-5-2-6-13(18)10-17(22)16-11-19-14-7-3-4-8-15(14)20-16/h2-9,16,19-20H,10-11H2,1H3. The van der Waals surface area contributed by atoms with Crippen LogP contribution in [0.15, 0.2) is 48.5 Å². The molecule has 0 amide bonds. The number of nitrogens with one attached hydrogen (secondary N) is 2.